The minimum Gasteiger partial charge on any atom is -0.444 e. The highest BCUT2D eigenvalue weighted by Gasteiger charge is 2.25. The lowest BCUT2D eigenvalue weighted by molar-refractivity contribution is 0.0500. The molecule has 1 aromatic rings. The van der Waals surface area contributed by atoms with Crippen LogP contribution in [0.25, 0.3) is 0 Å². The summed E-state index contributed by atoms with van der Waals surface area (Å²) in [6.45, 7) is 10.3. The summed E-state index contributed by atoms with van der Waals surface area (Å²) in [5.41, 5.74) is 0.378. The molecule has 0 bridgehead atoms. The van der Waals surface area contributed by atoms with Crippen molar-refractivity contribution < 1.29 is 14.3 Å². The lowest BCUT2D eigenvalue weighted by atomic mass is 10.1. The lowest BCUT2D eigenvalue weighted by Gasteiger charge is -2.34. The van der Waals surface area contributed by atoms with Gasteiger partial charge in [0.2, 0.25) is 0 Å². The molecule has 7 nitrogen and oxygen atoms in total. The van der Waals surface area contributed by atoms with Crippen molar-refractivity contribution in [1.29, 1.82) is 0 Å². The maximum atomic E-state index is 11.9. The number of carbonyl (C=O) groups excluding carboxylic acids is 1. The highest BCUT2D eigenvalue weighted by Crippen LogP contribution is 2.19. The number of rotatable bonds is 5. The van der Waals surface area contributed by atoms with Crippen molar-refractivity contribution >= 4 is 11.9 Å². The molecule has 1 aliphatic rings. The van der Waals surface area contributed by atoms with Gasteiger partial charge in [-0.05, 0) is 40.5 Å². The number of amides is 1. The third-order valence-corrected chi connectivity index (χ3v) is 3.63. The fourth-order valence-corrected chi connectivity index (χ4v) is 2.62. The Bertz CT molecular complexity index is 545. The Kier molecular flexibility index (Phi) is 6.36. The summed E-state index contributed by atoms with van der Waals surface area (Å²) < 4.78 is 10.7. The number of aromatic nitrogens is 2. The summed E-state index contributed by atoms with van der Waals surface area (Å²) in [5.74, 6) is 0.871. The molecule has 2 heterocycles. The first-order valence-corrected chi connectivity index (χ1v) is 8.50. The van der Waals surface area contributed by atoms with Gasteiger partial charge >= 0.3 is 6.09 Å². The third kappa shape index (κ3) is 5.96. The van der Waals surface area contributed by atoms with Crippen LogP contribution in [0.4, 0.5) is 10.6 Å². The van der Waals surface area contributed by atoms with Crippen LogP contribution in [0.2, 0.25) is 0 Å². The SMILES string of the molecule is CCOCc1cc(N2CCCC(NC(=O)OC(C)(C)C)C2)ncn1. The van der Waals surface area contributed by atoms with E-state index in [4.69, 9.17) is 9.47 Å². The molecule has 1 unspecified atom stereocenters. The predicted molar refractivity (Wildman–Crippen MR) is 92.0 cm³/mol. The van der Waals surface area contributed by atoms with E-state index in [1.165, 1.54) is 0 Å². The zero-order valence-electron chi connectivity index (χ0n) is 15.0. The molecule has 0 saturated carbocycles. The van der Waals surface area contributed by atoms with E-state index in [-0.39, 0.29) is 12.1 Å². The van der Waals surface area contributed by atoms with Gasteiger partial charge in [0, 0.05) is 31.8 Å². The van der Waals surface area contributed by atoms with Crippen molar-refractivity contribution in [3.8, 4) is 0 Å². The molecule has 134 valence electrons. The molecule has 0 aliphatic carbocycles. The van der Waals surface area contributed by atoms with Crippen molar-refractivity contribution in [2.75, 3.05) is 24.6 Å². The number of anilines is 1. The van der Waals surface area contributed by atoms with Gasteiger partial charge in [-0.25, -0.2) is 14.8 Å². The van der Waals surface area contributed by atoms with Crippen LogP contribution in [0.1, 0.15) is 46.2 Å². The van der Waals surface area contributed by atoms with Crippen LogP contribution in [-0.4, -0.2) is 47.4 Å². The summed E-state index contributed by atoms with van der Waals surface area (Å²) in [7, 11) is 0. The fourth-order valence-electron chi connectivity index (χ4n) is 2.62. The van der Waals surface area contributed by atoms with Crippen molar-refractivity contribution in [1.82, 2.24) is 15.3 Å². The van der Waals surface area contributed by atoms with Gasteiger partial charge in [0.25, 0.3) is 0 Å². The summed E-state index contributed by atoms with van der Waals surface area (Å²) in [6, 6.07) is 2.00. The highest BCUT2D eigenvalue weighted by atomic mass is 16.6. The van der Waals surface area contributed by atoms with Gasteiger partial charge in [-0.15, -0.1) is 0 Å². The number of nitrogens with zero attached hydrogens (tertiary/aromatic N) is 3. The minimum absolute atomic E-state index is 0.0545. The van der Waals surface area contributed by atoms with Crippen LogP contribution in [0, 0.1) is 0 Å². The molecule has 0 spiro atoms. The van der Waals surface area contributed by atoms with Crippen LogP contribution in [-0.2, 0) is 16.1 Å². The summed E-state index contributed by atoms with van der Waals surface area (Å²) in [6.07, 6.45) is 3.13. The van der Waals surface area contributed by atoms with Gasteiger partial charge in [0.05, 0.1) is 12.3 Å². The standard InChI is InChI=1S/C17H28N4O3/c1-5-23-11-14-9-15(19-12-18-14)21-8-6-7-13(10-21)20-16(22)24-17(2,3)4/h9,12-13H,5-8,10-11H2,1-4H3,(H,20,22). The fraction of sp³-hybridized carbons (Fsp3) is 0.706. The smallest absolute Gasteiger partial charge is 0.407 e. The van der Waals surface area contributed by atoms with Gasteiger partial charge in [-0.3, -0.25) is 0 Å². The van der Waals surface area contributed by atoms with Gasteiger partial charge in [0.1, 0.15) is 17.7 Å². The van der Waals surface area contributed by atoms with Crippen molar-refractivity contribution in [2.24, 2.45) is 0 Å². The molecule has 1 aliphatic heterocycles. The second-order valence-electron chi connectivity index (χ2n) is 6.94. The van der Waals surface area contributed by atoms with E-state index in [1.54, 1.807) is 6.33 Å². The average Bonchev–Trinajstić information content (AvgIpc) is 2.51. The normalized spacial score (nSPS) is 18.3. The number of nitrogens with one attached hydrogen (secondary N) is 1. The number of piperidine rings is 1. The Labute approximate surface area is 143 Å². The Morgan fingerprint density at radius 3 is 2.92 bits per heavy atom. The van der Waals surface area contributed by atoms with Crippen LogP contribution < -0.4 is 10.2 Å². The molecule has 2 rings (SSSR count). The lowest BCUT2D eigenvalue weighted by Crippen LogP contribution is -2.49. The molecule has 0 radical (unpaired) electrons. The molecule has 1 saturated heterocycles. The zero-order valence-corrected chi connectivity index (χ0v) is 15.0. The molecule has 1 N–H and O–H groups in total. The first-order valence-electron chi connectivity index (χ1n) is 8.50. The first-order chi connectivity index (χ1) is 11.4. The average molecular weight is 336 g/mol. The number of alkyl carbamates (subject to hydrolysis) is 1. The number of hydrogen-bond acceptors (Lipinski definition) is 6. The maximum absolute atomic E-state index is 11.9. The quantitative estimate of drug-likeness (QED) is 0.890. The van der Waals surface area contributed by atoms with Crippen molar-refractivity contribution in [2.45, 2.75) is 58.8 Å². The maximum Gasteiger partial charge on any atom is 0.407 e. The molecule has 7 heteroatoms. The molecular weight excluding hydrogens is 308 g/mol. The Morgan fingerprint density at radius 1 is 1.42 bits per heavy atom. The molecule has 24 heavy (non-hydrogen) atoms. The second kappa shape index (κ2) is 8.28. The summed E-state index contributed by atoms with van der Waals surface area (Å²) in [4.78, 5) is 22.7. The van der Waals surface area contributed by atoms with Crippen LogP contribution in [0.5, 0.6) is 0 Å². The van der Waals surface area contributed by atoms with E-state index in [9.17, 15) is 4.79 Å². The molecule has 1 atom stereocenters. The van der Waals surface area contributed by atoms with Crippen LogP contribution >= 0.6 is 0 Å². The Morgan fingerprint density at radius 2 is 2.21 bits per heavy atom. The molecule has 1 aromatic heterocycles. The van der Waals surface area contributed by atoms with Gasteiger partial charge in [-0.1, -0.05) is 0 Å². The van der Waals surface area contributed by atoms with E-state index in [0.29, 0.717) is 19.8 Å². The van der Waals surface area contributed by atoms with E-state index in [1.807, 2.05) is 33.8 Å². The Balaban J connectivity index is 1.94. The predicted octanol–water partition coefficient (Wildman–Crippen LogP) is 2.51. The van der Waals surface area contributed by atoms with Gasteiger partial charge in [-0.2, -0.15) is 0 Å². The monoisotopic (exact) mass is 336 g/mol. The zero-order chi connectivity index (χ0) is 17.6. The van der Waals surface area contributed by atoms with E-state index in [0.717, 1.165) is 30.9 Å². The van der Waals surface area contributed by atoms with Crippen LogP contribution in [0.3, 0.4) is 0 Å². The topological polar surface area (TPSA) is 76.6 Å². The Hall–Kier alpha value is -1.89. The van der Waals surface area contributed by atoms with Crippen molar-refractivity contribution in [3.05, 3.63) is 18.1 Å². The first kappa shape index (κ1) is 18.4. The summed E-state index contributed by atoms with van der Waals surface area (Å²) in [5, 5.41) is 2.95. The van der Waals surface area contributed by atoms with Crippen LogP contribution in [0.15, 0.2) is 12.4 Å². The van der Waals surface area contributed by atoms with Crippen molar-refractivity contribution in [3.63, 3.8) is 0 Å². The third-order valence-electron chi connectivity index (χ3n) is 3.63. The largest absolute Gasteiger partial charge is 0.444 e. The number of ether oxygens (including phenoxy) is 2. The summed E-state index contributed by atoms with van der Waals surface area (Å²) >= 11 is 0. The highest BCUT2D eigenvalue weighted by molar-refractivity contribution is 5.68. The van der Waals surface area contributed by atoms with Gasteiger partial charge in [0.15, 0.2) is 0 Å². The molecule has 1 fully saturated rings. The molecule has 0 aromatic carbocycles. The molecular formula is C17H28N4O3. The number of carbonyl (C=O) groups is 1. The van der Waals surface area contributed by atoms with E-state index >= 15 is 0 Å². The number of hydrogen-bond donors (Lipinski definition) is 1. The second-order valence-corrected chi connectivity index (χ2v) is 6.94. The van der Waals surface area contributed by atoms with Gasteiger partial charge < -0.3 is 19.7 Å². The van der Waals surface area contributed by atoms with E-state index < -0.39 is 5.60 Å². The van der Waals surface area contributed by atoms with E-state index in [2.05, 4.69) is 20.2 Å². The molecule has 1 amide bonds. The minimum atomic E-state index is -0.487.